The highest BCUT2D eigenvalue weighted by Crippen LogP contribution is 2.25. The minimum absolute atomic E-state index is 0.368. The molecular weight excluding hydrogens is 296 g/mol. The molecule has 24 heavy (non-hydrogen) atoms. The van der Waals surface area contributed by atoms with Crippen LogP contribution in [-0.2, 0) is 0 Å². The van der Waals surface area contributed by atoms with Crippen molar-refractivity contribution < 1.29 is 9.84 Å². The minimum atomic E-state index is -0.368. The highest BCUT2D eigenvalue weighted by molar-refractivity contribution is 5.64. The molecule has 0 aliphatic carbocycles. The molecule has 2 aromatic rings. The molecule has 2 aromatic carbocycles. The second-order valence-electron chi connectivity index (χ2n) is 6.33. The summed E-state index contributed by atoms with van der Waals surface area (Å²) in [6.45, 7) is 5.02. The monoisotopic (exact) mass is 326 g/mol. The van der Waals surface area contributed by atoms with Gasteiger partial charge in [0, 0.05) is 0 Å². The predicted octanol–water partition coefficient (Wildman–Crippen LogP) is 6.15. The second-order valence-corrected chi connectivity index (χ2v) is 6.33. The number of hydrogen-bond donors (Lipinski definition) is 1. The van der Waals surface area contributed by atoms with E-state index >= 15 is 0 Å². The van der Waals surface area contributed by atoms with E-state index < -0.39 is 0 Å². The number of ether oxygens (including phenoxy) is 1. The van der Waals surface area contributed by atoms with Gasteiger partial charge < -0.3 is 9.84 Å². The zero-order valence-electron chi connectivity index (χ0n) is 15.0. The largest absolute Gasteiger partial charge is 0.494 e. The van der Waals surface area contributed by atoms with Gasteiger partial charge in [0.15, 0.2) is 0 Å². The number of aliphatic hydroxyl groups is 1. The van der Waals surface area contributed by atoms with Gasteiger partial charge in [0.05, 0.1) is 12.7 Å². The fraction of sp³-hybridized carbons (Fsp3) is 0.455. The molecule has 0 aliphatic rings. The molecule has 0 radical (unpaired) electrons. The number of hydrogen-bond acceptors (Lipinski definition) is 2. The standard InChI is InChI=1S/C22H30O2/c1-3-5-6-7-8-17-24-21-15-13-19(14-16-21)18-9-11-20(12-10-18)22(23)4-2/h9-16,22-23H,3-8,17H2,1-2H3. The van der Waals surface area contributed by atoms with Crippen molar-refractivity contribution in [2.75, 3.05) is 6.61 Å². The first-order chi connectivity index (χ1) is 11.7. The predicted molar refractivity (Wildman–Crippen MR) is 101 cm³/mol. The molecule has 0 aromatic heterocycles. The van der Waals surface area contributed by atoms with Gasteiger partial charge in [-0.2, -0.15) is 0 Å². The number of aliphatic hydroxyl groups excluding tert-OH is 1. The molecule has 2 nitrogen and oxygen atoms in total. The first-order valence-corrected chi connectivity index (χ1v) is 9.25. The van der Waals surface area contributed by atoms with Crippen LogP contribution in [0.25, 0.3) is 11.1 Å². The van der Waals surface area contributed by atoms with E-state index in [-0.39, 0.29) is 6.10 Å². The molecule has 1 atom stereocenters. The van der Waals surface area contributed by atoms with Crippen LogP contribution in [0.5, 0.6) is 5.75 Å². The third-order valence-corrected chi connectivity index (χ3v) is 4.39. The van der Waals surface area contributed by atoms with Crippen molar-refractivity contribution in [3.05, 3.63) is 54.1 Å². The Labute approximate surface area is 146 Å². The molecule has 2 rings (SSSR count). The molecule has 1 N–H and O–H groups in total. The van der Waals surface area contributed by atoms with Gasteiger partial charge in [0.2, 0.25) is 0 Å². The van der Waals surface area contributed by atoms with Crippen molar-refractivity contribution in [3.63, 3.8) is 0 Å². The Morgan fingerprint density at radius 3 is 1.96 bits per heavy atom. The zero-order valence-corrected chi connectivity index (χ0v) is 15.0. The van der Waals surface area contributed by atoms with Crippen LogP contribution >= 0.6 is 0 Å². The first-order valence-electron chi connectivity index (χ1n) is 9.25. The van der Waals surface area contributed by atoms with E-state index in [0.717, 1.165) is 36.3 Å². The lowest BCUT2D eigenvalue weighted by Gasteiger charge is -2.10. The molecule has 0 saturated carbocycles. The summed E-state index contributed by atoms with van der Waals surface area (Å²) in [5.74, 6) is 0.937. The second kappa shape index (κ2) is 10.1. The maximum Gasteiger partial charge on any atom is 0.119 e. The molecule has 0 amide bonds. The molecule has 1 unspecified atom stereocenters. The van der Waals surface area contributed by atoms with Crippen LogP contribution in [0.4, 0.5) is 0 Å². The minimum Gasteiger partial charge on any atom is -0.494 e. The summed E-state index contributed by atoms with van der Waals surface area (Å²) >= 11 is 0. The van der Waals surface area contributed by atoms with Crippen molar-refractivity contribution >= 4 is 0 Å². The van der Waals surface area contributed by atoms with Gasteiger partial charge in [-0.25, -0.2) is 0 Å². The van der Waals surface area contributed by atoms with Gasteiger partial charge >= 0.3 is 0 Å². The maximum absolute atomic E-state index is 9.86. The number of benzene rings is 2. The van der Waals surface area contributed by atoms with Crippen LogP contribution in [0.3, 0.4) is 0 Å². The summed E-state index contributed by atoms with van der Waals surface area (Å²) < 4.78 is 5.81. The Morgan fingerprint density at radius 1 is 0.792 bits per heavy atom. The fourth-order valence-electron chi connectivity index (χ4n) is 2.77. The van der Waals surface area contributed by atoms with E-state index in [1.165, 1.54) is 31.2 Å². The summed E-state index contributed by atoms with van der Waals surface area (Å²) in [4.78, 5) is 0. The van der Waals surface area contributed by atoms with Gasteiger partial charge in [0.25, 0.3) is 0 Å². The van der Waals surface area contributed by atoms with Gasteiger partial charge in [-0.1, -0.05) is 75.9 Å². The van der Waals surface area contributed by atoms with Crippen molar-refractivity contribution in [3.8, 4) is 16.9 Å². The lowest BCUT2D eigenvalue weighted by atomic mass is 10.0. The van der Waals surface area contributed by atoms with Crippen LogP contribution in [0.2, 0.25) is 0 Å². The smallest absolute Gasteiger partial charge is 0.119 e. The Bertz CT molecular complexity index is 572. The quantitative estimate of drug-likeness (QED) is 0.531. The summed E-state index contributed by atoms with van der Waals surface area (Å²) in [6, 6.07) is 16.4. The van der Waals surface area contributed by atoms with E-state index in [2.05, 4.69) is 31.2 Å². The summed E-state index contributed by atoms with van der Waals surface area (Å²) in [7, 11) is 0. The highest BCUT2D eigenvalue weighted by Gasteiger charge is 2.05. The summed E-state index contributed by atoms with van der Waals surface area (Å²) in [5.41, 5.74) is 3.31. The van der Waals surface area contributed by atoms with Crippen LogP contribution in [0, 0.1) is 0 Å². The lowest BCUT2D eigenvalue weighted by Crippen LogP contribution is -1.97. The van der Waals surface area contributed by atoms with Crippen molar-refractivity contribution in [1.29, 1.82) is 0 Å². The molecule has 0 spiro atoms. The SMILES string of the molecule is CCCCCCCOc1ccc(-c2ccc(C(O)CC)cc2)cc1. The third-order valence-electron chi connectivity index (χ3n) is 4.39. The van der Waals surface area contributed by atoms with Gasteiger partial charge in [0.1, 0.15) is 5.75 Å². The Kier molecular flexibility index (Phi) is 7.84. The molecule has 0 bridgehead atoms. The fourth-order valence-corrected chi connectivity index (χ4v) is 2.77. The molecular formula is C22H30O2. The Hall–Kier alpha value is -1.80. The summed E-state index contributed by atoms with van der Waals surface area (Å²) in [5, 5.41) is 9.86. The normalized spacial score (nSPS) is 12.1. The average Bonchev–Trinajstić information content (AvgIpc) is 2.64. The first kappa shape index (κ1) is 18.5. The van der Waals surface area contributed by atoms with Crippen molar-refractivity contribution in [2.45, 2.75) is 58.5 Å². The topological polar surface area (TPSA) is 29.5 Å². The van der Waals surface area contributed by atoms with E-state index in [1.54, 1.807) is 0 Å². The van der Waals surface area contributed by atoms with Crippen LogP contribution in [0.1, 0.15) is 64.0 Å². The van der Waals surface area contributed by atoms with Crippen molar-refractivity contribution in [2.24, 2.45) is 0 Å². The van der Waals surface area contributed by atoms with E-state index in [9.17, 15) is 5.11 Å². The zero-order chi connectivity index (χ0) is 17.2. The van der Waals surface area contributed by atoms with Crippen molar-refractivity contribution in [1.82, 2.24) is 0 Å². The molecule has 0 saturated heterocycles. The van der Waals surface area contributed by atoms with E-state index in [1.807, 2.05) is 31.2 Å². The number of unbranched alkanes of at least 4 members (excludes halogenated alkanes) is 4. The maximum atomic E-state index is 9.86. The summed E-state index contributed by atoms with van der Waals surface area (Å²) in [6.07, 6.45) is 6.66. The van der Waals surface area contributed by atoms with E-state index in [0.29, 0.717) is 0 Å². The average molecular weight is 326 g/mol. The lowest BCUT2D eigenvalue weighted by molar-refractivity contribution is 0.173. The molecule has 0 fully saturated rings. The van der Waals surface area contributed by atoms with Gasteiger partial charge in [-0.15, -0.1) is 0 Å². The van der Waals surface area contributed by atoms with Crippen LogP contribution in [-0.4, -0.2) is 11.7 Å². The van der Waals surface area contributed by atoms with Gasteiger partial charge in [-0.05, 0) is 41.7 Å². The Morgan fingerprint density at radius 2 is 1.38 bits per heavy atom. The molecule has 0 heterocycles. The Balaban J connectivity index is 1.85. The molecule has 130 valence electrons. The van der Waals surface area contributed by atoms with E-state index in [4.69, 9.17) is 4.74 Å². The number of rotatable bonds is 10. The highest BCUT2D eigenvalue weighted by atomic mass is 16.5. The van der Waals surface area contributed by atoms with Crippen LogP contribution in [0.15, 0.2) is 48.5 Å². The third kappa shape index (κ3) is 5.68. The van der Waals surface area contributed by atoms with Crippen LogP contribution < -0.4 is 4.74 Å². The van der Waals surface area contributed by atoms with Gasteiger partial charge in [-0.3, -0.25) is 0 Å². The molecule has 2 heteroatoms. The molecule has 0 aliphatic heterocycles.